The zero-order valence-corrected chi connectivity index (χ0v) is 25.7. The molecule has 4 atom stereocenters. The average Bonchev–Trinajstić information content (AvgIpc) is 2.90. The Morgan fingerprint density at radius 1 is 1.06 bits per heavy atom. The molecule has 0 spiro atoms. The summed E-state index contributed by atoms with van der Waals surface area (Å²) in [5, 5.41) is 0. The Morgan fingerprint density at radius 2 is 1.62 bits per heavy atom. The van der Waals surface area contributed by atoms with E-state index >= 15 is 0 Å². The minimum Gasteiger partial charge on any atom is -0.548 e. The number of nitrogens with zero attached hydrogens (tertiary/aromatic N) is 1. The highest BCUT2D eigenvalue weighted by Crippen LogP contribution is 2.52. The van der Waals surface area contributed by atoms with Crippen LogP contribution in [0.25, 0.3) is 0 Å². The first kappa shape index (κ1) is 28.9. The predicted molar refractivity (Wildman–Crippen MR) is 148 cm³/mol. The first-order valence-corrected chi connectivity index (χ1v) is 18.7. The van der Waals surface area contributed by atoms with Gasteiger partial charge in [-0.05, 0) is 43.0 Å². The van der Waals surface area contributed by atoms with Crippen molar-refractivity contribution >= 4 is 22.3 Å². The van der Waals surface area contributed by atoms with Gasteiger partial charge in [0.1, 0.15) is 19.7 Å². The molecule has 1 heterocycles. The Morgan fingerprint density at radius 3 is 2.09 bits per heavy atom. The molecule has 0 aromatic rings. The fraction of sp³-hybridized carbons (Fsp3) is 0.750. The van der Waals surface area contributed by atoms with Gasteiger partial charge < -0.3 is 14.1 Å². The Balaban J connectivity index is 2.56. The van der Waals surface area contributed by atoms with Crippen molar-refractivity contribution in [1.82, 2.24) is 4.90 Å². The molecule has 1 aliphatic heterocycles. The molecule has 0 N–H and O–H groups in total. The van der Waals surface area contributed by atoms with Crippen LogP contribution in [0.4, 0.5) is 0 Å². The van der Waals surface area contributed by atoms with Crippen LogP contribution in [0.15, 0.2) is 24.5 Å². The number of carbonyl (C=O) groups is 1. The van der Waals surface area contributed by atoms with Gasteiger partial charge in [0.2, 0.25) is 5.91 Å². The summed E-state index contributed by atoms with van der Waals surface area (Å²) in [5.41, 5.74) is 4.24. The first-order chi connectivity index (χ1) is 15.6. The lowest BCUT2D eigenvalue weighted by molar-refractivity contribution is -0.140. The standard InChI is InChI=1S/C28H49NO3Si2/c1-20(2)32-26-25-15-13-14-24(16-18-31-34(21(3)4,22(5)6)23(7)8)28(25,27(30)29(26)9)17-19-33(10,11)12/h13-14,16,18,20-26H,15H2,1-12H3/b18-16+/t24-,25+,26+,28+/m1/s1. The maximum atomic E-state index is 13.9. The van der Waals surface area contributed by atoms with Gasteiger partial charge in [0, 0.05) is 18.9 Å². The number of amides is 1. The zero-order chi connectivity index (χ0) is 26.1. The minimum atomic E-state index is -2.04. The average molecular weight is 504 g/mol. The molecule has 0 aromatic heterocycles. The van der Waals surface area contributed by atoms with E-state index < -0.39 is 21.8 Å². The second-order valence-corrected chi connectivity index (χ2v) is 22.6. The van der Waals surface area contributed by atoms with Crippen molar-refractivity contribution in [3.05, 3.63) is 24.5 Å². The predicted octanol–water partition coefficient (Wildman–Crippen LogP) is 6.97. The molecule has 0 radical (unpaired) electrons. The van der Waals surface area contributed by atoms with Crippen LogP contribution >= 0.6 is 0 Å². The lowest BCUT2D eigenvalue weighted by Gasteiger charge is -2.41. The summed E-state index contributed by atoms with van der Waals surface area (Å²) < 4.78 is 13.0. The Labute approximate surface area is 211 Å². The molecule has 1 saturated heterocycles. The second-order valence-electron chi connectivity index (χ2n) is 12.4. The third-order valence-electron chi connectivity index (χ3n) is 7.57. The summed E-state index contributed by atoms with van der Waals surface area (Å²) in [6.45, 7) is 24.5. The van der Waals surface area contributed by atoms with E-state index in [-0.39, 0.29) is 30.1 Å². The summed E-state index contributed by atoms with van der Waals surface area (Å²) in [6.07, 6.45) is 8.98. The number of allylic oxidation sites excluding steroid dienone is 3. The molecule has 0 aromatic carbocycles. The summed E-state index contributed by atoms with van der Waals surface area (Å²) >= 11 is 0. The van der Waals surface area contributed by atoms with Crippen LogP contribution < -0.4 is 0 Å². The van der Waals surface area contributed by atoms with Gasteiger partial charge in [0.05, 0.1) is 12.4 Å². The molecule has 0 bridgehead atoms. The van der Waals surface area contributed by atoms with E-state index in [1.165, 1.54) is 0 Å². The molecule has 1 amide bonds. The molecule has 1 aliphatic carbocycles. The van der Waals surface area contributed by atoms with Crippen LogP contribution in [0.2, 0.25) is 36.3 Å². The van der Waals surface area contributed by atoms with Crippen LogP contribution in [-0.2, 0) is 14.0 Å². The van der Waals surface area contributed by atoms with Gasteiger partial charge in [0.25, 0.3) is 8.32 Å². The van der Waals surface area contributed by atoms with E-state index in [1.54, 1.807) is 4.90 Å². The van der Waals surface area contributed by atoms with Gasteiger partial charge in [0.15, 0.2) is 0 Å². The maximum absolute atomic E-state index is 13.9. The molecule has 0 unspecified atom stereocenters. The van der Waals surface area contributed by atoms with Crippen molar-refractivity contribution in [1.29, 1.82) is 0 Å². The van der Waals surface area contributed by atoms with Crippen LogP contribution in [0, 0.1) is 28.7 Å². The first-order valence-electron chi connectivity index (χ1n) is 13.1. The van der Waals surface area contributed by atoms with Crippen molar-refractivity contribution in [2.24, 2.45) is 17.3 Å². The summed E-state index contributed by atoms with van der Waals surface area (Å²) in [6, 6.07) is 0. The number of ether oxygens (including phenoxy) is 1. The molecule has 192 valence electrons. The lowest BCUT2D eigenvalue weighted by Crippen LogP contribution is -2.46. The van der Waals surface area contributed by atoms with Gasteiger partial charge in [-0.15, -0.1) is 5.54 Å². The fourth-order valence-corrected chi connectivity index (χ4v) is 11.8. The molecular formula is C28H49NO3Si2. The highest BCUT2D eigenvalue weighted by molar-refractivity contribution is 6.83. The van der Waals surface area contributed by atoms with E-state index in [0.717, 1.165) is 6.42 Å². The number of hydrogen-bond acceptors (Lipinski definition) is 3. The fourth-order valence-electron chi connectivity index (χ4n) is 6.13. The SMILES string of the molecule is CC(C)O[C@H]1[C@@H]2CC=C[C@H](/C=C/O[Si](C(C)C)(C(C)C)C(C)C)[C@]2(C#C[Si](C)(C)C)C(=O)N1C. The van der Waals surface area contributed by atoms with Crippen molar-refractivity contribution in [3.8, 4) is 11.5 Å². The lowest BCUT2D eigenvalue weighted by atomic mass is 9.64. The molecule has 6 heteroatoms. The summed E-state index contributed by atoms with van der Waals surface area (Å²) in [5.74, 6) is 3.52. The van der Waals surface area contributed by atoms with Gasteiger partial charge >= 0.3 is 0 Å². The normalized spacial score (nSPS) is 27.8. The molecule has 34 heavy (non-hydrogen) atoms. The van der Waals surface area contributed by atoms with Gasteiger partial charge in [-0.3, -0.25) is 4.79 Å². The Bertz CT molecular complexity index is 822. The number of carbonyl (C=O) groups excluding carboxylic acids is 1. The molecule has 4 nitrogen and oxygen atoms in total. The minimum absolute atomic E-state index is 0.00167. The number of rotatable bonds is 8. The van der Waals surface area contributed by atoms with Gasteiger partial charge in [-0.1, -0.05) is 79.3 Å². The smallest absolute Gasteiger partial charge is 0.257 e. The van der Waals surface area contributed by atoms with E-state index in [2.05, 4.69) is 90.9 Å². The van der Waals surface area contributed by atoms with Gasteiger partial charge in [-0.25, -0.2) is 0 Å². The number of hydrogen-bond donors (Lipinski definition) is 0. The van der Waals surface area contributed by atoms with Crippen molar-refractivity contribution in [2.75, 3.05) is 7.05 Å². The van der Waals surface area contributed by atoms with Crippen molar-refractivity contribution in [3.63, 3.8) is 0 Å². The summed E-state index contributed by atoms with van der Waals surface area (Å²) in [7, 11) is -1.86. The molecule has 1 fully saturated rings. The van der Waals surface area contributed by atoms with Crippen LogP contribution in [0.1, 0.15) is 61.8 Å². The molecule has 0 saturated carbocycles. The molecule has 2 rings (SSSR count). The maximum Gasteiger partial charge on any atom is 0.257 e. The van der Waals surface area contributed by atoms with Crippen molar-refractivity contribution in [2.45, 2.75) is 110 Å². The topological polar surface area (TPSA) is 38.8 Å². The van der Waals surface area contributed by atoms with Gasteiger partial charge in [-0.2, -0.15) is 0 Å². The zero-order valence-electron chi connectivity index (χ0n) is 23.7. The Hall–Kier alpha value is -1.30. The molecule has 2 aliphatic rings. The van der Waals surface area contributed by atoms with Crippen LogP contribution in [0.5, 0.6) is 0 Å². The number of likely N-dealkylation sites (tertiary alicyclic amines) is 1. The Kier molecular flexibility index (Phi) is 9.16. The highest BCUT2D eigenvalue weighted by atomic mass is 28.4. The van der Waals surface area contributed by atoms with E-state index in [1.807, 2.05) is 27.2 Å². The van der Waals surface area contributed by atoms with Crippen LogP contribution in [0.3, 0.4) is 0 Å². The molecular weight excluding hydrogens is 454 g/mol. The quantitative estimate of drug-likeness (QED) is 0.155. The van der Waals surface area contributed by atoms with E-state index in [0.29, 0.717) is 16.6 Å². The highest BCUT2D eigenvalue weighted by Gasteiger charge is 2.61. The third-order valence-corrected chi connectivity index (χ3v) is 14.4. The van der Waals surface area contributed by atoms with Crippen LogP contribution in [-0.4, -0.2) is 46.6 Å². The van der Waals surface area contributed by atoms with E-state index in [9.17, 15) is 4.79 Å². The van der Waals surface area contributed by atoms with Crippen molar-refractivity contribution < 1.29 is 14.0 Å². The largest absolute Gasteiger partial charge is 0.548 e. The monoisotopic (exact) mass is 503 g/mol. The third kappa shape index (κ3) is 5.42. The second kappa shape index (κ2) is 10.8. The summed E-state index contributed by atoms with van der Waals surface area (Å²) in [4.78, 5) is 15.7. The number of fused-ring (bicyclic) bond motifs is 1. The van der Waals surface area contributed by atoms with E-state index in [4.69, 9.17) is 9.16 Å².